The molecule has 1 fully saturated rings. The number of nitrogens with one attached hydrogen (secondary N) is 1. The molecule has 0 aliphatic heterocycles. The van der Waals surface area contributed by atoms with Gasteiger partial charge >= 0.3 is 5.97 Å². The van der Waals surface area contributed by atoms with E-state index >= 15 is 0 Å². The average Bonchev–Trinajstić information content (AvgIpc) is 3.06. The molecule has 0 saturated heterocycles. The number of nitrogens with zero attached hydrogens (tertiary/aromatic N) is 4. The molecular formula is C12H13N5O3. The summed E-state index contributed by atoms with van der Waals surface area (Å²) in [6, 6.07) is 0. The number of aromatic nitrogens is 4. The number of carbonyl (C=O) groups excluding carboxylic acids is 1. The number of hydrogen-bond donors (Lipinski definition) is 2. The first-order valence-corrected chi connectivity index (χ1v) is 6.20. The van der Waals surface area contributed by atoms with Crippen LogP contribution < -0.4 is 5.32 Å². The van der Waals surface area contributed by atoms with Crippen molar-refractivity contribution in [1.29, 1.82) is 0 Å². The zero-order valence-electron chi connectivity index (χ0n) is 10.8. The van der Waals surface area contributed by atoms with Crippen LogP contribution in [0.5, 0.6) is 0 Å². The van der Waals surface area contributed by atoms with Crippen LogP contribution in [0.4, 0.5) is 0 Å². The third kappa shape index (κ3) is 1.89. The molecule has 2 N–H and O–H groups in total. The summed E-state index contributed by atoms with van der Waals surface area (Å²) in [6.07, 6.45) is 3.99. The van der Waals surface area contributed by atoms with Crippen LogP contribution in [0, 0.1) is 12.3 Å². The van der Waals surface area contributed by atoms with E-state index in [0.717, 1.165) is 0 Å². The normalized spacial score (nSPS) is 16.1. The second-order valence-electron chi connectivity index (χ2n) is 5.00. The minimum absolute atomic E-state index is 0.135. The summed E-state index contributed by atoms with van der Waals surface area (Å²) >= 11 is 0. The van der Waals surface area contributed by atoms with Gasteiger partial charge in [0.2, 0.25) is 0 Å². The predicted octanol–water partition coefficient (Wildman–Crippen LogP) is 0.0273. The van der Waals surface area contributed by atoms with Gasteiger partial charge in [0.25, 0.3) is 11.7 Å². The molecule has 0 spiro atoms. The molecule has 1 saturated carbocycles. The fourth-order valence-electron chi connectivity index (χ4n) is 2.07. The Hall–Kier alpha value is -2.51. The maximum absolute atomic E-state index is 12.1. The van der Waals surface area contributed by atoms with Gasteiger partial charge in [-0.2, -0.15) is 10.1 Å². The topological polar surface area (TPSA) is 109 Å². The Bertz CT molecular complexity index is 704. The van der Waals surface area contributed by atoms with Gasteiger partial charge in [0.15, 0.2) is 0 Å². The predicted molar refractivity (Wildman–Crippen MR) is 67.2 cm³/mol. The molecule has 0 bridgehead atoms. The number of hydrogen-bond acceptors (Lipinski definition) is 5. The lowest BCUT2D eigenvalue weighted by Gasteiger charge is -2.12. The lowest BCUT2D eigenvalue weighted by Crippen LogP contribution is -2.34. The monoisotopic (exact) mass is 275 g/mol. The van der Waals surface area contributed by atoms with E-state index in [2.05, 4.69) is 20.4 Å². The summed E-state index contributed by atoms with van der Waals surface area (Å²) in [7, 11) is 0. The highest BCUT2D eigenvalue weighted by molar-refractivity contribution is 5.95. The smallest absolute Gasteiger partial charge is 0.311 e. The van der Waals surface area contributed by atoms with Gasteiger partial charge in [0.1, 0.15) is 6.33 Å². The van der Waals surface area contributed by atoms with E-state index in [1.807, 2.05) is 0 Å². The lowest BCUT2D eigenvalue weighted by atomic mass is 10.1. The van der Waals surface area contributed by atoms with Gasteiger partial charge in [0.05, 0.1) is 16.7 Å². The van der Waals surface area contributed by atoms with Crippen molar-refractivity contribution in [3.05, 3.63) is 23.8 Å². The molecule has 20 heavy (non-hydrogen) atoms. The van der Waals surface area contributed by atoms with Crippen LogP contribution in [0.2, 0.25) is 0 Å². The van der Waals surface area contributed by atoms with Crippen LogP contribution in [0.1, 0.15) is 28.9 Å². The molecule has 1 aliphatic carbocycles. The number of carbonyl (C=O) groups is 2. The minimum Gasteiger partial charge on any atom is -0.481 e. The Morgan fingerprint density at radius 1 is 1.45 bits per heavy atom. The summed E-state index contributed by atoms with van der Waals surface area (Å²) in [5.41, 5.74) is 0.198. The third-order valence-electron chi connectivity index (χ3n) is 3.69. The second kappa shape index (κ2) is 4.26. The van der Waals surface area contributed by atoms with E-state index in [4.69, 9.17) is 5.11 Å². The van der Waals surface area contributed by atoms with Crippen molar-refractivity contribution >= 4 is 17.7 Å². The van der Waals surface area contributed by atoms with Gasteiger partial charge in [-0.25, -0.2) is 9.50 Å². The SMILES string of the molecule is Cc1c(C(=O)NCC2(C(=O)O)CC2)cnc2ncnn12. The third-order valence-corrected chi connectivity index (χ3v) is 3.69. The minimum atomic E-state index is -0.862. The number of aliphatic carboxylic acids is 1. The number of amides is 1. The Balaban J connectivity index is 1.79. The van der Waals surface area contributed by atoms with Gasteiger partial charge in [0, 0.05) is 12.7 Å². The maximum atomic E-state index is 12.1. The Kier molecular flexibility index (Phi) is 2.66. The fourth-order valence-corrected chi connectivity index (χ4v) is 2.07. The highest BCUT2D eigenvalue weighted by Gasteiger charge is 2.50. The molecule has 0 unspecified atom stereocenters. The number of rotatable bonds is 4. The van der Waals surface area contributed by atoms with Gasteiger partial charge in [-0.15, -0.1) is 0 Å². The Labute approximate surface area is 113 Å². The lowest BCUT2D eigenvalue weighted by molar-refractivity contribution is -0.143. The van der Waals surface area contributed by atoms with Crippen molar-refractivity contribution in [2.45, 2.75) is 19.8 Å². The first-order valence-electron chi connectivity index (χ1n) is 6.20. The fraction of sp³-hybridized carbons (Fsp3) is 0.417. The average molecular weight is 275 g/mol. The molecular weight excluding hydrogens is 262 g/mol. The van der Waals surface area contributed by atoms with Crippen LogP contribution in [-0.2, 0) is 4.79 Å². The second-order valence-corrected chi connectivity index (χ2v) is 5.00. The van der Waals surface area contributed by atoms with Crippen LogP contribution in [0.15, 0.2) is 12.5 Å². The molecule has 2 heterocycles. The molecule has 1 amide bonds. The molecule has 3 rings (SSSR count). The van der Waals surface area contributed by atoms with Crippen molar-refractivity contribution in [3.8, 4) is 0 Å². The highest BCUT2D eigenvalue weighted by atomic mass is 16.4. The Morgan fingerprint density at radius 2 is 2.20 bits per heavy atom. The van der Waals surface area contributed by atoms with Gasteiger partial charge in [-0.1, -0.05) is 0 Å². The maximum Gasteiger partial charge on any atom is 0.311 e. The molecule has 104 valence electrons. The number of carboxylic acid groups (broad SMARTS) is 1. The first kappa shape index (κ1) is 12.5. The van der Waals surface area contributed by atoms with Crippen molar-refractivity contribution in [1.82, 2.24) is 24.9 Å². The molecule has 2 aromatic rings. The zero-order valence-corrected chi connectivity index (χ0v) is 10.8. The van der Waals surface area contributed by atoms with E-state index in [1.165, 1.54) is 17.0 Å². The number of carboxylic acids is 1. The first-order chi connectivity index (χ1) is 9.53. The van der Waals surface area contributed by atoms with Crippen LogP contribution in [-0.4, -0.2) is 43.1 Å². The number of fused-ring (bicyclic) bond motifs is 1. The molecule has 1 aliphatic rings. The van der Waals surface area contributed by atoms with E-state index in [0.29, 0.717) is 29.9 Å². The summed E-state index contributed by atoms with van der Waals surface area (Å²) in [5.74, 6) is -0.789. The van der Waals surface area contributed by atoms with Crippen LogP contribution >= 0.6 is 0 Å². The van der Waals surface area contributed by atoms with Crippen molar-refractivity contribution in [2.75, 3.05) is 6.54 Å². The van der Waals surface area contributed by atoms with Crippen molar-refractivity contribution in [3.63, 3.8) is 0 Å². The van der Waals surface area contributed by atoms with Crippen LogP contribution in [0.25, 0.3) is 5.78 Å². The highest BCUT2D eigenvalue weighted by Crippen LogP contribution is 2.45. The molecule has 0 atom stereocenters. The van der Waals surface area contributed by atoms with Gasteiger partial charge in [-0.05, 0) is 19.8 Å². The van der Waals surface area contributed by atoms with E-state index in [-0.39, 0.29) is 12.5 Å². The molecule has 0 aromatic carbocycles. The van der Waals surface area contributed by atoms with Gasteiger partial charge < -0.3 is 10.4 Å². The zero-order chi connectivity index (χ0) is 14.3. The largest absolute Gasteiger partial charge is 0.481 e. The molecule has 8 heteroatoms. The van der Waals surface area contributed by atoms with Crippen molar-refractivity contribution < 1.29 is 14.7 Å². The Morgan fingerprint density at radius 3 is 2.85 bits per heavy atom. The summed E-state index contributed by atoms with van der Waals surface area (Å²) in [4.78, 5) is 31.1. The van der Waals surface area contributed by atoms with E-state index in [9.17, 15) is 9.59 Å². The van der Waals surface area contributed by atoms with Gasteiger partial charge in [-0.3, -0.25) is 9.59 Å². The quantitative estimate of drug-likeness (QED) is 0.814. The van der Waals surface area contributed by atoms with E-state index in [1.54, 1.807) is 6.92 Å². The molecule has 8 nitrogen and oxygen atoms in total. The summed E-state index contributed by atoms with van der Waals surface area (Å²) in [6.45, 7) is 1.87. The number of aryl methyl sites for hydroxylation is 1. The summed E-state index contributed by atoms with van der Waals surface area (Å²) < 4.78 is 1.47. The molecule has 2 aromatic heterocycles. The van der Waals surface area contributed by atoms with Crippen molar-refractivity contribution in [2.24, 2.45) is 5.41 Å². The van der Waals surface area contributed by atoms with E-state index < -0.39 is 11.4 Å². The van der Waals surface area contributed by atoms with Crippen LogP contribution in [0.3, 0.4) is 0 Å². The summed E-state index contributed by atoms with van der Waals surface area (Å²) in [5, 5.41) is 15.7. The standard InChI is InChI=1S/C12H13N5O3/c1-7-8(4-13-11-15-6-16-17(7)11)9(18)14-5-12(2-3-12)10(19)20/h4,6H,2-3,5H2,1H3,(H,14,18)(H,19,20). The molecule has 0 radical (unpaired) electrons.